The summed E-state index contributed by atoms with van der Waals surface area (Å²) in [4.78, 5) is 11.6. The first-order valence-electron chi connectivity index (χ1n) is 4.87. The van der Waals surface area contributed by atoms with Gasteiger partial charge in [0.25, 0.3) is 0 Å². The van der Waals surface area contributed by atoms with Crippen LogP contribution in [0.25, 0.3) is 0 Å². The Kier molecular flexibility index (Phi) is 1.85. The SMILES string of the molecule is CC1(C)C2CCC1(CN=O)C(=S)C2. The van der Waals surface area contributed by atoms with Crippen molar-refractivity contribution in [2.24, 2.45) is 21.9 Å². The highest BCUT2D eigenvalue weighted by atomic mass is 32.1. The van der Waals surface area contributed by atoms with Crippen LogP contribution < -0.4 is 0 Å². The van der Waals surface area contributed by atoms with E-state index in [0.717, 1.165) is 17.7 Å². The van der Waals surface area contributed by atoms with Crippen molar-refractivity contribution >= 4 is 17.1 Å². The molecule has 0 heterocycles. The second-order valence-electron chi connectivity index (χ2n) is 4.95. The lowest BCUT2D eigenvalue weighted by atomic mass is 9.69. The van der Waals surface area contributed by atoms with Crippen LogP contribution in [0.15, 0.2) is 5.18 Å². The number of nitrogens with zero attached hydrogens (tertiary/aromatic N) is 1. The van der Waals surface area contributed by atoms with Crippen LogP contribution in [0.4, 0.5) is 0 Å². The van der Waals surface area contributed by atoms with Crippen molar-refractivity contribution in [3.8, 4) is 0 Å². The lowest BCUT2D eigenvalue weighted by Gasteiger charge is -2.35. The van der Waals surface area contributed by atoms with Crippen molar-refractivity contribution in [1.29, 1.82) is 0 Å². The largest absolute Gasteiger partial charge is 0.151 e. The first-order valence-corrected chi connectivity index (χ1v) is 5.28. The van der Waals surface area contributed by atoms with Crippen LogP contribution in [-0.4, -0.2) is 11.4 Å². The Balaban J connectivity index is 2.42. The molecule has 2 aliphatic rings. The molecule has 0 spiro atoms. The van der Waals surface area contributed by atoms with Gasteiger partial charge in [0.2, 0.25) is 0 Å². The van der Waals surface area contributed by atoms with Gasteiger partial charge in [-0.2, -0.15) is 4.91 Å². The van der Waals surface area contributed by atoms with Crippen molar-refractivity contribution in [2.45, 2.75) is 33.1 Å². The molecule has 0 aromatic heterocycles. The first-order chi connectivity index (χ1) is 6.04. The molecule has 2 rings (SSSR count). The maximum absolute atomic E-state index is 10.5. The average Bonchev–Trinajstić information content (AvgIpc) is 2.38. The zero-order chi connectivity index (χ0) is 9.69. The zero-order valence-corrected chi connectivity index (χ0v) is 8.99. The van der Waals surface area contributed by atoms with Crippen molar-refractivity contribution in [3.63, 3.8) is 0 Å². The molecule has 2 unspecified atom stereocenters. The summed E-state index contributed by atoms with van der Waals surface area (Å²) in [6.45, 7) is 4.89. The van der Waals surface area contributed by atoms with Gasteiger partial charge in [-0.25, -0.2) is 0 Å². The molecule has 2 nitrogen and oxygen atoms in total. The van der Waals surface area contributed by atoms with Crippen LogP contribution in [0.2, 0.25) is 0 Å². The maximum Gasteiger partial charge on any atom is 0.0918 e. The molecule has 2 bridgehead atoms. The Bertz CT molecular complexity index is 274. The molecule has 0 aromatic rings. The van der Waals surface area contributed by atoms with E-state index in [1.54, 1.807) is 0 Å². The summed E-state index contributed by atoms with van der Waals surface area (Å²) in [7, 11) is 0. The number of hydrogen-bond acceptors (Lipinski definition) is 3. The molecule has 2 atom stereocenters. The Labute approximate surface area is 84.1 Å². The van der Waals surface area contributed by atoms with Crippen LogP contribution in [-0.2, 0) is 0 Å². The normalized spacial score (nSPS) is 41.1. The van der Waals surface area contributed by atoms with E-state index in [2.05, 4.69) is 19.0 Å². The van der Waals surface area contributed by atoms with Gasteiger partial charge in [-0.3, -0.25) is 0 Å². The van der Waals surface area contributed by atoms with Gasteiger partial charge in [0.15, 0.2) is 0 Å². The highest BCUT2D eigenvalue weighted by molar-refractivity contribution is 7.80. The maximum atomic E-state index is 10.5. The number of thiocarbonyl (C=S) groups is 1. The quantitative estimate of drug-likeness (QED) is 0.503. The molecule has 3 heteroatoms. The second kappa shape index (κ2) is 2.59. The third-order valence-electron chi connectivity index (χ3n) is 4.47. The number of fused-ring (bicyclic) bond motifs is 2. The lowest BCUT2D eigenvalue weighted by molar-refractivity contribution is 0.184. The highest BCUT2D eigenvalue weighted by Gasteiger charge is 2.61. The van der Waals surface area contributed by atoms with Gasteiger partial charge in [-0.05, 0) is 30.6 Å². The van der Waals surface area contributed by atoms with Crippen molar-refractivity contribution in [1.82, 2.24) is 0 Å². The molecule has 72 valence electrons. The Morgan fingerprint density at radius 3 is 2.69 bits per heavy atom. The summed E-state index contributed by atoms with van der Waals surface area (Å²) in [6.07, 6.45) is 3.34. The van der Waals surface area contributed by atoms with Gasteiger partial charge in [0.1, 0.15) is 0 Å². The van der Waals surface area contributed by atoms with Gasteiger partial charge < -0.3 is 0 Å². The third-order valence-corrected chi connectivity index (χ3v) is 5.03. The van der Waals surface area contributed by atoms with Gasteiger partial charge in [0.05, 0.1) is 6.54 Å². The summed E-state index contributed by atoms with van der Waals surface area (Å²) in [5.74, 6) is 0.696. The van der Waals surface area contributed by atoms with Gasteiger partial charge >= 0.3 is 0 Å². The minimum absolute atomic E-state index is 0.0330. The van der Waals surface area contributed by atoms with Crippen LogP contribution in [0.3, 0.4) is 0 Å². The highest BCUT2D eigenvalue weighted by Crippen LogP contribution is 2.64. The summed E-state index contributed by atoms with van der Waals surface area (Å²) < 4.78 is 0. The van der Waals surface area contributed by atoms with E-state index in [0.29, 0.717) is 12.5 Å². The molecule has 2 aliphatic carbocycles. The fourth-order valence-electron chi connectivity index (χ4n) is 3.25. The van der Waals surface area contributed by atoms with E-state index in [-0.39, 0.29) is 10.8 Å². The molecule has 0 aliphatic heterocycles. The monoisotopic (exact) mass is 197 g/mol. The van der Waals surface area contributed by atoms with Crippen molar-refractivity contribution in [3.05, 3.63) is 4.91 Å². The van der Waals surface area contributed by atoms with E-state index in [1.165, 1.54) is 6.42 Å². The van der Waals surface area contributed by atoms with Gasteiger partial charge in [-0.15, -0.1) is 0 Å². The lowest BCUT2D eigenvalue weighted by Crippen LogP contribution is -2.37. The fraction of sp³-hybridized carbons (Fsp3) is 0.900. The van der Waals surface area contributed by atoms with E-state index in [1.807, 2.05) is 0 Å². The van der Waals surface area contributed by atoms with Crippen molar-refractivity contribution < 1.29 is 0 Å². The summed E-state index contributed by atoms with van der Waals surface area (Å²) >= 11 is 5.40. The zero-order valence-electron chi connectivity index (χ0n) is 8.17. The Morgan fingerprint density at radius 1 is 1.62 bits per heavy atom. The predicted octanol–water partition coefficient (Wildman–Crippen LogP) is 2.95. The molecule has 0 amide bonds. The summed E-state index contributed by atoms with van der Waals surface area (Å²) in [5.41, 5.74) is 0.173. The van der Waals surface area contributed by atoms with Crippen LogP contribution in [0, 0.1) is 21.7 Å². The number of nitroso groups, excluding NO2 is 1. The molecule has 2 fully saturated rings. The van der Waals surface area contributed by atoms with Gasteiger partial charge in [0, 0.05) is 10.3 Å². The third kappa shape index (κ3) is 0.912. The molecule has 0 aromatic carbocycles. The topological polar surface area (TPSA) is 29.4 Å². The predicted molar refractivity (Wildman–Crippen MR) is 56.8 cm³/mol. The van der Waals surface area contributed by atoms with E-state index in [4.69, 9.17) is 12.2 Å². The number of hydrogen-bond donors (Lipinski definition) is 0. The van der Waals surface area contributed by atoms with Crippen LogP contribution >= 0.6 is 12.2 Å². The van der Waals surface area contributed by atoms with Crippen LogP contribution in [0.1, 0.15) is 33.1 Å². The molecule has 0 N–H and O–H groups in total. The average molecular weight is 197 g/mol. The molecule has 2 saturated carbocycles. The standard InChI is InChI=1S/C10H15NOS/c1-9(2)7-3-4-10(9,6-11-12)8(13)5-7/h7H,3-6H2,1-2H3. The smallest absolute Gasteiger partial charge is 0.0918 e. The number of rotatable bonds is 2. The van der Waals surface area contributed by atoms with E-state index >= 15 is 0 Å². The summed E-state index contributed by atoms with van der Waals surface area (Å²) in [5, 5.41) is 3.10. The Morgan fingerprint density at radius 2 is 2.31 bits per heavy atom. The first kappa shape index (κ1) is 9.25. The van der Waals surface area contributed by atoms with Crippen LogP contribution in [0.5, 0.6) is 0 Å². The second-order valence-corrected chi connectivity index (χ2v) is 5.45. The van der Waals surface area contributed by atoms with E-state index < -0.39 is 0 Å². The molecule has 0 saturated heterocycles. The fourth-order valence-corrected chi connectivity index (χ4v) is 3.88. The molecule has 13 heavy (non-hydrogen) atoms. The van der Waals surface area contributed by atoms with Crippen molar-refractivity contribution in [2.75, 3.05) is 6.54 Å². The minimum atomic E-state index is -0.0330. The molecular formula is C10H15NOS. The Hall–Kier alpha value is -0.310. The van der Waals surface area contributed by atoms with E-state index in [9.17, 15) is 4.91 Å². The molecular weight excluding hydrogens is 182 g/mol. The minimum Gasteiger partial charge on any atom is -0.151 e. The summed E-state index contributed by atoms with van der Waals surface area (Å²) in [6, 6.07) is 0. The molecule has 0 radical (unpaired) electrons. The van der Waals surface area contributed by atoms with Gasteiger partial charge in [-0.1, -0.05) is 31.2 Å².